The van der Waals surface area contributed by atoms with E-state index in [-0.39, 0.29) is 10.5 Å². The Hall–Kier alpha value is -2.91. The molecule has 0 bridgehead atoms. The number of rotatable bonds is 9. The highest BCUT2D eigenvalue weighted by Crippen LogP contribution is 2.28. The number of esters is 1. The number of anilines is 1. The quantitative estimate of drug-likeness (QED) is 0.577. The van der Waals surface area contributed by atoms with Crippen molar-refractivity contribution in [2.24, 2.45) is 0 Å². The maximum Gasteiger partial charge on any atom is 0.340 e. The first kappa shape index (κ1) is 23.7. The van der Waals surface area contributed by atoms with Crippen molar-refractivity contribution >= 4 is 27.6 Å². The number of hydrogen-bond donors (Lipinski definition) is 1. The van der Waals surface area contributed by atoms with Gasteiger partial charge in [0, 0.05) is 33.7 Å². The fourth-order valence-corrected chi connectivity index (χ4v) is 4.46. The highest BCUT2D eigenvalue weighted by atomic mass is 32.2. The van der Waals surface area contributed by atoms with Gasteiger partial charge in [-0.15, -0.1) is 0 Å². The van der Waals surface area contributed by atoms with Crippen molar-refractivity contribution in [2.45, 2.75) is 24.2 Å². The van der Waals surface area contributed by atoms with Gasteiger partial charge in [0.1, 0.15) is 0 Å². The minimum atomic E-state index is -3.72. The summed E-state index contributed by atoms with van der Waals surface area (Å²) < 4.78 is 31.4. The van der Waals surface area contributed by atoms with E-state index in [4.69, 9.17) is 4.74 Å². The molecule has 1 aliphatic heterocycles. The van der Waals surface area contributed by atoms with Crippen molar-refractivity contribution < 1.29 is 22.7 Å². The lowest BCUT2D eigenvalue weighted by Crippen LogP contribution is -2.31. The van der Waals surface area contributed by atoms with Gasteiger partial charge in [-0.1, -0.05) is 30.3 Å². The maximum absolute atomic E-state index is 12.8. The molecule has 1 amide bonds. The summed E-state index contributed by atoms with van der Waals surface area (Å²) in [7, 11) is -0.851. The SMILES string of the molecule is CN(C)S(=O)(=O)c1ccc(N2CCCC2)c(C(=O)OCC(=O)NCCc2ccccc2)c1. The van der Waals surface area contributed by atoms with Crippen LogP contribution in [0.3, 0.4) is 0 Å². The molecule has 0 saturated carbocycles. The molecule has 1 fully saturated rings. The number of nitrogens with one attached hydrogen (secondary N) is 1. The van der Waals surface area contributed by atoms with Gasteiger partial charge in [-0.3, -0.25) is 4.79 Å². The van der Waals surface area contributed by atoms with Crippen LogP contribution in [0.25, 0.3) is 0 Å². The predicted molar refractivity (Wildman–Crippen MR) is 122 cm³/mol. The summed E-state index contributed by atoms with van der Waals surface area (Å²) >= 11 is 0. The zero-order valence-electron chi connectivity index (χ0n) is 18.4. The number of carbonyl (C=O) groups is 2. The minimum absolute atomic E-state index is 0.00436. The number of benzene rings is 2. The second kappa shape index (κ2) is 10.6. The van der Waals surface area contributed by atoms with Crippen LogP contribution in [-0.2, 0) is 26.0 Å². The summed E-state index contributed by atoms with van der Waals surface area (Å²) in [5.74, 6) is -1.13. The van der Waals surface area contributed by atoms with Crippen LogP contribution in [0.4, 0.5) is 5.69 Å². The first-order valence-corrected chi connectivity index (χ1v) is 12.0. The lowest BCUT2D eigenvalue weighted by Gasteiger charge is -2.22. The summed E-state index contributed by atoms with van der Waals surface area (Å²) in [6.45, 7) is 1.55. The van der Waals surface area contributed by atoms with Gasteiger partial charge >= 0.3 is 5.97 Å². The smallest absolute Gasteiger partial charge is 0.340 e. The van der Waals surface area contributed by atoms with E-state index in [1.807, 2.05) is 35.2 Å². The molecule has 9 heteroatoms. The Bertz CT molecular complexity index is 1050. The average Bonchev–Trinajstić information content (AvgIpc) is 3.32. The standard InChI is InChI=1S/C23H29N3O5S/c1-25(2)32(29,30)19-10-11-21(26-14-6-7-15-26)20(16-19)23(28)31-17-22(27)24-13-12-18-8-4-3-5-9-18/h3-5,8-11,16H,6-7,12-15,17H2,1-2H3,(H,24,27). The van der Waals surface area contributed by atoms with Gasteiger partial charge < -0.3 is 15.0 Å². The molecular formula is C23H29N3O5S. The fraction of sp³-hybridized carbons (Fsp3) is 0.391. The summed E-state index contributed by atoms with van der Waals surface area (Å²) in [6.07, 6.45) is 2.66. The molecule has 0 aromatic heterocycles. The van der Waals surface area contributed by atoms with Gasteiger partial charge in [-0.05, 0) is 43.0 Å². The summed E-state index contributed by atoms with van der Waals surface area (Å²) in [5, 5.41) is 2.73. The van der Waals surface area contributed by atoms with E-state index in [1.54, 1.807) is 6.07 Å². The number of carbonyl (C=O) groups excluding carboxylic acids is 2. The van der Waals surface area contributed by atoms with Crippen molar-refractivity contribution in [3.63, 3.8) is 0 Å². The first-order chi connectivity index (χ1) is 15.3. The fourth-order valence-electron chi connectivity index (χ4n) is 3.53. The molecule has 3 rings (SSSR count). The molecule has 1 aliphatic rings. The highest BCUT2D eigenvalue weighted by molar-refractivity contribution is 7.89. The minimum Gasteiger partial charge on any atom is -0.452 e. The third-order valence-electron chi connectivity index (χ3n) is 5.33. The molecular weight excluding hydrogens is 430 g/mol. The van der Waals surface area contributed by atoms with Gasteiger partial charge in [-0.25, -0.2) is 17.5 Å². The zero-order chi connectivity index (χ0) is 23.1. The Balaban J connectivity index is 1.67. The molecule has 2 aromatic rings. The van der Waals surface area contributed by atoms with Gasteiger partial charge in [0.2, 0.25) is 10.0 Å². The molecule has 0 atom stereocenters. The Morgan fingerprint density at radius 1 is 1.06 bits per heavy atom. The van der Waals surface area contributed by atoms with Crippen LogP contribution < -0.4 is 10.2 Å². The third-order valence-corrected chi connectivity index (χ3v) is 7.14. The summed E-state index contributed by atoms with van der Waals surface area (Å²) in [4.78, 5) is 27.0. The third kappa shape index (κ3) is 5.86. The van der Waals surface area contributed by atoms with E-state index >= 15 is 0 Å². The van der Waals surface area contributed by atoms with Crippen LogP contribution in [0.1, 0.15) is 28.8 Å². The normalized spacial score (nSPS) is 13.9. The first-order valence-electron chi connectivity index (χ1n) is 10.6. The van der Waals surface area contributed by atoms with E-state index < -0.39 is 28.5 Å². The Morgan fingerprint density at radius 3 is 2.41 bits per heavy atom. The largest absolute Gasteiger partial charge is 0.452 e. The van der Waals surface area contributed by atoms with Gasteiger partial charge in [0.05, 0.1) is 16.1 Å². The molecule has 1 heterocycles. The molecule has 1 N–H and O–H groups in total. The number of hydrogen-bond acceptors (Lipinski definition) is 6. The van der Waals surface area contributed by atoms with E-state index in [1.165, 1.54) is 26.2 Å². The monoisotopic (exact) mass is 459 g/mol. The molecule has 32 heavy (non-hydrogen) atoms. The zero-order valence-corrected chi connectivity index (χ0v) is 19.2. The highest BCUT2D eigenvalue weighted by Gasteiger charge is 2.25. The maximum atomic E-state index is 12.8. The van der Waals surface area contributed by atoms with Crippen molar-refractivity contribution in [2.75, 3.05) is 45.2 Å². The molecule has 0 unspecified atom stereocenters. The average molecular weight is 460 g/mol. The van der Waals surface area contributed by atoms with Crippen LogP contribution >= 0.6 is 0 Å². The number of amides is 1. The molecule has 1 saturated heterocycles. The van der Waals surface area contributed by atoms with E-state index in [9.17, 15) is 18.0 Å². The van der Waals surface area contributed by atoms with Gasteiger partial charge in [0.15, 0.2) is 6.61 Å². The van der Waals surface area contributed by atoms with Gasteiger partial charge in [-0.2, -0.15) is 0 Å². The van der Waals surface area contributed by atoms with Crippen LogP contribution in [0.5, 0.6) is 0 Å². The second-order valence-corrected chi connectivity index (χ2v) is 9.97. The number of ether oxygens (including phenoxy) is 1. The van der Waals surface area contributed by atoms with E-state index in [0.717, 1.165) is 35.8 Å². The Morgan fingerprint density at radius 2 is 1.75 bits per heavy atom. The second-order valence-electron chi connectivity index (χ2n) is 7.82. The number of nitrogens with zero attached hydrogens (tertiary/aromatic N) is 2. The number of sulfonamides is 1. The van der Waals surface area contributed by atoms with E-state index in [2.05, 4.69) is 5.32 Å². The lowest BCUT2D eigenvalue weighted by molar-refractivity contribution is -0.124. The lowest BCUT2D eigenvalue weighted by atomic mass is 10.1. The molecule has 8 nitrogen and oxygen atoms in total. The topological polar surface area (TPSA) is 96.0 Å². The molecule has 0 spiro atoms. The molecule has 172 valence electrons. The van der Waals surface area contributed by atoms with Gasteiger partial charge in [0.25, 0.3) is 5.91 Å². The predicted octanol–water partition coefficient (Wildman–Crippen LogP) is 2.05. The Kier molecular flexibility index (Phi) is 7.87. The molecule has 0 radical (unpaired) electrons. The molecule has 2 aromatic carbocycles. The van der Waals surface area contributed by atoms with Crippen molar-refractivity contribution in [1.29, 1.82) is 0 Å². The van der Waals surface area contributed by atoms with Crippen molar-refractivity contribution in [3.8, 4) is 0 Å². The summed E-state index contributed by atoms with van der Waals surface area (Å²) in [5.41, 5.74) is 1.86. The molecule has 0 aliphatic carbocycles. The van der Waals surface area contributed by atoms with E-state index in [0.29, 0.717) is 18.7 Å². The van der Waals surface area contributed by atoms with Crippen LogP contribution in [-0.4, -0.2) is 64.9 Å². The Labute approximate surface area is 189 Å². The summed E-state index contributed by atoms with van der Waals surface area (Å²) in [6, 6.07) is 14.2. The van der Waals surface area contributed by atoms with Crippen LogP contribution in [0.2, 0.25) is 0 Å². The van der Waals surface area contributed by atoms with Crippen molar-refractivity contribution in [3.05, 3.63) is 59.7 Å². The van der Waals surface area contributed by atoms with Crippen LogP contribution in [0, 0.1) is 0 Å². The van der Waals surface area contributed by atoms with Crippen molar-refractivity contribution in [1.82, 2.24) is 9.62 Å². The van der Waals surface area contributed by atoms with Crippen LogP contribution in [0.15, 0.2) is 53.4 Å².